The van der Waals surface area contributed by atoms with E-state index in [9.17, 15) is 0 Å². The molecule has 1 unspecified atom stereocenters. The topological polar surface area (TPSA) is 12.5 Å². The Morgan fingerprint density at radius 3 is 3.22 bits per heavy atom. The van der Waals surface area contributed by atoms with Gasteiger partial charge < -0.3 is 4.74 Å². The minimum absolute atomic E-state index is 0.786. The Morgan fingerprint density at radius 2 is 2.56 bits per heavy atom. The van der Waals surface area contributed by atoms with Crippen molar-refractivity contribution in [1.29, 1.82) is 0 Å². The van der Waals surface area contributed by atoms with Crippen molar-refractivity contribution in [2.75, 3.05) is 0 Å². The van der Waals surface area contributed by atoms with Gasteiger partial charge in [-0.1, -0.05) is 6.92 Å². The van der Waals surface area contributed by atoms with Gasteiger partial charge in [-0.3, -0.25) is 0 Å². The summed E-state index contributed by atoms with van der Waals surface area (Å²) in [5.41, 5.74) is 0. The van der Waals surface area contributed by atoms with Gasteiger partial charge in [0.15, 0.2) is 0 Å². The largest absolute Gasteiger partial charge is 0.459 e. The van der Waals surface area contributed by atoms with Gasteiger partial charge in [0, 0.05) is 12.3 Å². The first-order valence-electron chi connectivity index (χ1n) is 3.82. The number of allylic oxidation sites excluding steroid dienone is 2. The predicted molar refractivity (Wildman–Crippen MR) is 35.7 cm³/mol. The minimum atomic E-state index is 0.786. The van der Waals surface area contributed by atoms with Gasteiger partial charge in [-0.2, -0.15) is 0 Å². The van der Waals surface area contributed by atoms with Gasteiger partial charge >= 0.3 is 0 Å². The molecule has 9 heavy (non-hydrogen) atoms. The van der Waals surface area contributed by atoms with Crippen LogP contribution in [0.25, 0.3) is 0 Å². The van der Waals surface area contributed by atoms with E-state index in [1.165, 1.54) is 37.2 Å². The maximum atomic E-state index is 5.31. The number of ether oxygens (including phenoxy) is 1. The van der Waals surface area contributed by atoms with Crippen LogP contribution in [-0.4, -0.2) is 0 Å². The summed E-state index contributed by atoms with van der Waals surface area (Å²) in [7, 11) is 0. The minimum Gasteiger partial charge on any atom is -0.459 e. The molecule has 1 atom stereocenters. The van der Waals surface area contributed by atoms with Gasteiger partial charge in [-0.25, -0.2) is 0 Å². The summed E-state index contributed by atoms with van der Waals surface area (Å²) >= 11 is 0. The van der Waals surface area contributed by atoms with Crippen molar-refractivity contribution in [3.8, 4) is 0 Å². The first-order valence-corrected chi connectivity index (χ1v) is 3.82. The zero-order valence-corrected chi connectivity index (χ0v) is 5.81. The molecule has 1 nitrogen and oxygen atoms in total. The van der Waals surface area contributed by atoms with Crippen molar-refractivity contribution >= 4 is 0 Å². The second-order valence-corrected chi connectivity index (χ2v) is 2.89. The first kappa shape index (κ1) is 5.33. The van der Waals surface area contributed by atoms with E-state index in [2.05, 4.69) is 6.92 Å². The Morgan fingerprint density at radius 1 is 1.67 bits per heavy atom. The zero-order valence-electron chi connectivity index (χ0n) is 5.81. The second kappa shape index (κ2) is 1.76. The molecular formula is C8H12O. The molecule has 1 aliphatic heterocycles. The molecule has 0 amide bonds. The molecule has 0 radical (unpaired) electrons. The van der Waals surface area contributed by atoms with Crippen LogP contribution in [0.15, 0.2) is 11.5 Å². The summed E-state index contributed by atoms with van der Waals surface area (Å²) in [6, 6.07) is 0. The lowest BCUT2D eigenvalue weighted by atomic mass is 9.94. The standard InChI is InChI=1S/C8H12O/c1-2-6-4-3-5-7-8(6)9-7/h6H,2-5H2,1H3. The molecule has 1 heteroatoms. The van der Waals surface area contributed by atoms with Crippen molar-refractivity contribution < 1.29 is 4.74 Å². The van der Waals surface area contributed by atoms with Crippen molar-refractivity contribution in [3.05, 3.63) is 11.5 Å². The van der Waals surface area contributed by atoms with E-state index in [4.69, 9.17) is 4.74 Å². The van der Waals surface area contributed by atoms with E-state index < -0.39 is 0 Å². The average molecular weight is 124 g/mol. The van der Waals surface area contributed by atoms with Gasteiger partial charge in [0.05, 0.1) is 0 Å². The molecule has 1 aliphatic carbocycles. The quantitative estimate of drug-likeness (QED) is 0.523. The Labute approximate surface area is 55.7 Å². The Balaban J connectivity index is 2.08. The summed E-state index contributed by atoms with van der Waals surface area (Å²) < 4.78 is 5.31. The van der Waals surface area contributed by atoms with Crippen LogP contribution in [0.5, 0.6) is 0 Å². The molecule has 0 fully saturated rings. The lowest BCUT2D eigenvalue weighted by molar-refractivity contribution is 0.407. The SMILES string of the molecule is CCC1CCCC2=C1O2. The van der Waals surface area contributed by atoms with E-state index >= 15 is 0 Å². The summed E-state index contributed by atoms with van der Waals surface area (Å²) in [6.07, 6.45) is 5.18. The van der Waals surface area contributed by atoms with Crippen LogP contribution in [0, 0.1) is 5.92 Å². The highest BCUT2D eigenvalue weighted by Gasteiger charge is 2.34. The van der Waals surface area contributed by atoms with Gasteiger partial charge in [-0.05, 0) is 19.3 Å². The molecule has 0 saturated carbocycles. The smallest absolute Gasteiger partial charge is 0.145 e. The van der Waals surface area contributed by atoms with E-state index in [1.807, 2.05) is 0 Å². The third kappa shape index (κ3) is 0.752. The third-order valence-electron chi connectivity index (χ3n) is 2.29. The van der Waals surface area contributed by atoms with Crippen LogP contribution >= 0.6 is 0 Å². The summed E-state index contributed by atoms with van der Waals surface area (Å²) in [5, 5.41) is 0. The van der Waals surface area contributed by atoms with Gasteiger partial charge in [0.25, 0.3) is 0 Å². The maximum absolute atomic E-state index is 5.31. The third-order valence-corrected chi connectivity index (χ3v) is 2.29. The highest BCUT2D eigenvalue weighted by atomic mass is 16.6. The normalized spacial score (nSPS) is 31.4. The molecule has 0 bridgehead atoms. The lowest BCUT2D eigenvalue weighted by Crippen LogP contribution is -1.98. The van der Waals surface area contributed by atoms with Crippen LogP contribution in [0.1, 0.15) is 32.6 Å². The van der Waals surface area contributed by atoms with Crippen LogP contribution in [0.4, 0.5) is 0 Å². The molecule has 0 spiro atoms. The van der Waals surface area contributed by atoms with Gasteiger partial charge in [0.1, 0.15) is 11.5 Å². The number of hydrogen-bond acceptors (Lipinski definition) is 1. The van der Waals surface area contributed by atoms with E-state index in [1.54, 1.807) is 0 Å². The van der Waals surface area contributed by atoms with Crippen LogP contribution in [0.3, 0.4) is 0 Å². The molecule has 0 aromatic rings. The fourth-order valence-electron chi connectivity index (χ4n) is 1.62. The van der Waals surface area contributed by atoms with Gasteiger partial charge in [0.2, 0.25) is 0 Å². The second-order valence-electron chi connectivity index (χ2n) is 2.89. The highest BCUT2D eigenvalue weighted by molar-refractivity contribution is 5.22. The summed E-state index contributed by atoms with van der Waals surface area (Å²) in [4.78, 5) is 0. The van der Waals surface area contributed by atoms with Crippen molar-refractivity contribution in [2.45, 2.75) is 32.6 Å². The first-order chi connectivity index (χ1) is 4.42. The van der Waals surface area contributed by atoms with Crippen LogP contribution < -0.4 is 0 Å². The fourth-order valence-corrected chi connectivity index (χ4v) is 1.62. The van der Waals surface area contributed by atoms with E-state index in [0.29, 0.717) is 0 Å². The molecule has 50 valence electrons. The monoisotopic (exact) mass is 124 g/mol. The lowest BCUT2D eigenvalue weighted by Gasteiger charge is -2.07. The molecule has 1 heterocycles. The van der Waals surface area contributed by atoms with Crippen molar-refractivity contribution in [2.24, 2.45) is 5.92 Å². The summed E-state index contributed by atoms with van der Waals surface area (Å²) in [5.74, 6) is 3.44. The zero-order chi connectivity index (χ0) is 6.27. The predicted octanol–water partition coefficient (Wildman–Crippen LogP) is 2.44. The molecule has 2 rings (SSSR count). The van der Waals surface area contributed by atoms with E-state index in [0.717, 1.165) is 5.92 Å². The molecular weight excluding hydrogens is 112 g/mol. The van der Waals surface area contributed by atoms with E-state index in [-0.39, 0.29) is 0 Å². The molecule has 2 aliphatic rings. The van der Waals surface area contributed by atoms with Crippen molar-refractivity contribution in [3.63, 3.8) is 0 Å². The molecule has 0 aromatic heterocycles. The average Bonchev–Trinajstić information content (AvgIpc) is 2.64. The fraction of sp³-hybridized carbons (Fsp3) is 0.750. The molecule has 0 aromatic carbocycles. The van der Waals surface area contributed by atoms with Crippen LogP contribution in [0.2, 0.25) is 0 Å². The maximum Gasteiger partial charge on any atom is 0.145 e. The number of hydrogen-bond donors (Lipinski definition) is 0. The molecule has 0 saturated heterocycles. The Kier molecular flexibility index (Phi) is 1.04. The van der Waals surface area contributed by atoms with Crippen molar-refractivity contribution in [1.82, 2.24) is 0 Å². The van der Waals surface area contributed by atoms with Gasteiger partial charge in [-0.15, -0.1) is 0 Å². The van der Waals surface area contributed by atoms with Crippen LogP contribution in [-0.2, 0) is 4.74 Å². The molecule has 0 N–H and O–H groups in total. The summed E-state index contributed by atoms with van der Waals surface area (Å²) in [6.45, 7) is 2.24. The number of rotatable bonds is 1. The highest BCUT2D eigenvalue weighted by Crippen LogP contribution is 2.44. The Hall–Kier alpha value is -0.460. The Bertz CT molecular complexity index is 158.